The molecule has 0 saturated carbocycles. The van der Waals surface area contributed by atoms with Crippen LogP contribution < -0.4 is 10.6 Å². The van der Waals surface area contributed by atoms with E-state index in [0.717, 1.165) is 23.5 Å². The number of aliphatic imine (C=N–C) groups is 1. The van der Waals surface area contributed by atoms with Gasteiger partial charge in [0, 0.05) is 38.9 Å². The van der Waals surface area contributed by atoms with Crippen LogP contribution in [0.15, 0.2) is 65.9 Å². The Bertz CT molecular complexity index is 995. The van der Waals surface area contributed by atoms with Gasteiger partial charge in [-0.2, -0.15) is 0 Å². The smallest absolute Gasteiger partial charge is 0.253 e. The van der Waals surface area contributed by atoms with Crippen LogP contribution in [0.2, 0.25) is 0 Å². The highest BCUT2D eigenvalue weighted by atomic mass is 16.2. The summed E-state index contributed by atoms with van der Waals surface area (Å²) in [5, 5.41) is 14.8. The monoisotopic (exact) mass is 405 g/mol. The Kier molecular flexibility index (Phi) is 7.15. The molecule has 156 valence electrons. The molecule has 0 fully saturated rings. The molecule has 8 nitrogen and oxygen atoms in total. The summed E-state index contributed by atoms with van der Waals surface area (Å²) in [5.41, 5.74) is 2.80. The number of amides is 1. The van der Waals surface area contributed by atoms with Crippen molar-refractivity contribution in [3.63, 3.8) is 0 Å². The number of carbonyl (C=O) groups excluding carboxylic acids is 1. The second-order valence-corrected chi connectivity index (χ2v) is 6.96. The van der Waals surface area contributed by atoms with Crippen LogP contribution in [0.3, 0.4) is 0 Å². The lowest BCUT2D eigenvalue weighted by molar-refractivity contribution is 0.0827. The number of benzene rings is 2. The number of para-hydroxylation sites is 1. The molecule has 2 aromatic carbocycles. The largest absolute Gasteiger partial charge is 0.356 e. The third-order valence-electron chi connectivity index (χ3n) is 4.58. The van der Waals surface area contributed by atoms with Crippen LogP contribution >= 0.6 is 0 Å². The van der Waals surface area contributed by atoms with E-state index < -0.39 is 0 Å². The molecule has 0 saturated heterocycles. The predicted molar refractivity (Wildman–Crippen MR) is 118 cm³/mol. The fraction of sp³-hybridized carbons (Fsp3) is 0.273. The van der Waals surface area contributed by atoms with Crippen LogP contribution in [-0.2, 0) is 13.0 Å². The summed E-state index contributed by atoms with van der Waals surface area (Å²) >= 11 is 0. The maximum atomic E-state index is 12.1. The molecule has 0 spiro atoms. The second-order valence-electron chi connectivity index (χ2n) is 6.96. The van der Waals surface area contributed by atoms with Crippen molar-refractivity contribution in [2.24, 2.45) is 4.99 Å². The van der Waals surface area contributed by atoms with Gasteiger partial charge in [0.1, 0.15) is 6.33 Å². The highest BCUT2D eigenvalue weighted by Crippen LogP contribution is 2.09. The van der Waals surface area contributed by atoms with Crippen LogP contribution in [0.5, 0.6) is 0 Å². The Morgan fingerprint density at radius 2 is 1.90 bits per heavy atom. The van der Waals surface area contributed by atoms with Crippen molar-refractivity contribution in [1.29, 1.82) is 0 Å². The van der Waals surface area contributed by atoms with Crippen LogP contribution in [-0.4, -0.2) is 59.2 Å². The molecule has 0 atom stereocenters. The van der Waals surface area contributed by atoms with Gasteiger partial charge in [0.15, 0.2) is 11.8 Å². The van der Waals surface area contributed by atoms with Gasteiger partial charge in [0.25, 0.3) is 5.91 Å². The standard InChI is InChI=1S/C22H27N7O/c1-23-22(24-13-12-17-8-7-9-18(14-17)21(30)28(2)3)25-15-20-27-26-16-29(20)19-10-5-4-6-11-19/h4-11,14,16H,12-13,15H2,1-3H3,(H2,23,24,25). The van der Waals surface area contributed by atoms with Crippen LogP contribution in [0.4, 0.5) is 0 Å². The summed E-state index contributed by atoms with van der Waals surface area (Å²) in [5.74, 6) is 1.47. The van der Waals surface area contributed by atoms with E-state index in [9.17, 15) is 4.79 Å². The predicted octanol–water partition coefficient (Wildman–Crippen LogP) is 1.88. The van der Waals surface area contributed by atoms with Crippen molar-refractivity contribution >= 4 is 11.9 Å². The van der Waals surface area contributed by atoms with E-state index in [4.69, 9.17) is 0 Å². The molecule has 1 aromatic heterocycles. The SMILES string of the molecule is CN=C(NCCc1cccc(C(=O)N(C)C)c1)NCc1nncn1-c1ccccc1. The number of hydrogen-bond acceptors (Lipinski definition) is 4. The zero-order valence-electron chi connectivity index (χ0n) is 17.5. The number of aromatic nitrogens is 3. The first-order valence-electron chi connectivity index (χ1n) is 9.78. The third kappa shape index (κ3) is 5.44. The van der Waals surface area contributed by atoms with Crippen molar-refractivity contribution in [2.45, 2.75) is 13.0 Å². The highest BCUT2D eigenvalue weighted by molar-refractivity contribution is 5.94. The number of nitrogens with zero attached hydrogens (tertiary/aromatic N) is 5. The van der Waals surface area contributed by atoms with Gasteiger partial charge < -0.3 is 15.5 Å². The first-order valence-corrected chi connectivity index (χ1v) is 9.78. The summed E-state index contributed by atoms with van der Waals surface area (Å²) in [7, 11) is 5.24. The molecule has 1 heterocycles. The van der Waals surface area contributed by atoms with Crippen molar-refractivity contribution in [3.05, 3.63) is 77.9 Å². The number of rotatable bonds is 7. The van der Waals surface area contributed by atoms with E-state index in [2.05, 4.69) is 25.8 Å². The summed E-state index contributed by atoms with van der Waals surface area (Å²) < 4.78 is 1.94. The zero-order valence-corrected chi connectivity index (χ0v) is 17.5. The molecule has 1 amide bonds. The van der Waals surface area contributed by atoms with Crippen molar-refractivity contribution in [3.8, 4) is 5.69 Å². The van der Waals surface area contributed by atoms with Gasteiger partial charge >= 0.3 is 0 Å². The summed E-state index contributed by atoms with van der Waals surface area (Å²) in [6, 6.07) is 17.7. The fourth-order valence-corrected chi connectivity index (χ4v) is 3.01. The number of nitrogens with one attached hydrogen (secondary N) is 2. The van der Waals surface area contributed by atoms with Crippen LogP contribution in [0.1, 0.15) is 21.7 Å². The topological polar surface area (TPSA) is 87.4 Å². The van der Waals surface area contributed by atoms with Gasteiger partial charge in [0.05, 0.1) is 6.54 Å². The molecular formula is C22H27N7O. The minimum Gasteiger partial charge on any atom is -0.356 e. The summed E-state index contributed by atoms with van der Waals surface area (Å²) in [4.78, 5) is 18.0. The molecule has 0 radical (unpaired) electrons. The van der Waals surface area contributed by atoms with Gasteiger partial charge in [-0.25, -0.2) is 0 Å². The molecular weight excluding hydrogens is 378 g/mol. The highest BCUT2D eigenvalue weighted by Gasteiger charge is 2.09. The molecule has 0 aliphatic carbocycles. The van der Waals surface area contributed by atoms with E-state index in [1.54, 1.807) is 32.4 Å². The Morgan fingerprint density at radius 3 is 2.63 bits per heavy atom. The minimum atomic E-state index is 0.00446. The normalized spacial score (nSPS) is 11.2. The van der Waals surface area contributed by atoms with Gasteiger partial charge in [0.2, 0.25) is 0 Å². The quantitative estimate of drug-likeness (QED) is 0.463. The van der Waals surface area contributed by atoms with Crippen LogP contribution in [0, 0.1) is 0 Å². The molecule has 0 bridgehead atoms. The average molecular weight is 406 g/mol. The maximum absolute atomic E-state index is 12.1. The van der Waals surface area contributed by atoms with Crippen molar-refractivity contribution in [2.75, 3.05) is 27.7 Å². The van der Waals surface area contributed by atoms with Gasteiger partial charge in [-0.15, -0.1) is 10.2 Å². The van der Waals surface area contributed by atoms with E-state index in [-0.39, 0.29) is 5.91 Å². The Morgan fingerprint density at radius 1 is 1.10 bits per heavy atom. The Balaban J connectivity index is 1.53. The molecule has 30 heavy (non-hydrogen) atoms. The number of carbonyl (C=O) groups is 1. The lowest BCUT2D eigenvalue weighted by Crippen LogP contribution is -2.38. The minimum absolute atomic E-state index is 0.00446. The molecule has 0 unspecified atom stereocenters. The Labute approximate surface area is 176 Å². The van der Waals surface area contributed by atoms with Gasteiger partial charge in [-0.05, 0) is 36.2 Å². The number of guanidine groups is 1. The van der Waals surface area contributed by atoms with Crippen molar-refractivity contribution < 1.29 is 4.79 Å². The maximum Gasteiger partial charge on any atom is 0.253 e. The molecule has 2 N–H and O–H groups in total. The zero-order chi connectivity index (χ0) is 21.3. The van der Waals surface area contributed by atoms with E-state index in [0.29, 0.717) is 24.6 Å². The lowest BCUT2D eigenvalue weighted by Gasteiger charge is -2.13. The third-order valence-corrected chi connectivity index (χ3v) is 4.58. The van der Waals surface area contributed by atoms with Gasteiger partial charge in [-0.1, -0.05) is 30.3 Å². The van der Waals surface area contributed by atoms with Crippen molar-refractivity contribution in [1.82, 2.24) is 30.3 Å². The second kappa shape index (κ2) is 10.2. The summed E-state index contributed by atoms with van der Waals surface area (Å²) in [6.45, 7) is 1.17. The van der Waals surface area contributed by atoms with Crippen LogP contribution in [0.25, 0.3) is 5.69 Å². The molecule has 8 heteroatoms. The molecule has 3 aromatic rings. The van der Waals surface area contributed by atoms with E-state index in [1.165, 1.54) is 0 Å². The first-order chi connectivity index (χ1) is 14.6. The lowest BCUT2D eigenvalue weighted by atomic mass is 10.1. The number of hydrogen-bond donors (Lipinski definition) is 2. The van der Waals surface area contributed by atoms with E-state index >= 15 is 0 Å². The molecule has 3 rings (SSSR count). The summed E-state index contributed by atoms with van der Waals surface area (Å²) in [6.07, 6.45) is 2.47. The Hall–Kier alpha value is -3.68. The van der Waals surface area contributed by atoms with Gasteiger partial charge in [-0.3, -0.25) is 14.4 Å². The average Bonchev–Trinajstić information content (AvgIpc) is 3.25. The first kappa shape index (κ1) is 21.0. The molecule has 0 aliphatic rings. The molecule has 0 aliphatic heterocycles. The van der Waals surface area contributed by atoms with E-state index in [1.807, 2.05) is 59.2 Å². The fourth-order valence-electron chi connectivity index (χ4n) is 3.01.